The monoisotopic (exact) mass is 223 g/mol. The molecular weight excluding hydrogens is 214 g/mol. The predicted octanol–water partition coefficient (Wildman–Crippen LogP) is 0.852. The average Bonchev–Trinajstić information content (AvgIpc) is 2.53. The topological polar surface area (TPSA) is 63.6 Å². The number of aryl methyl sites for hydroxylation is 1. The highest BCUT2D eigenvalue weighted by molar-refractivity contribution is 7.91. The van der Waals surface area contributed by atoms with Crippen LogP contribution < -0.4 is 0 Å². The van der Waals surface area contributed by atoms with E-state index in [0.717, 1.165) is 5.56 Å². The van der Waals surface area contributed by atoms with Gasteiger partial charge in [-0.05, 0) is 17.5 Å². The Kier molecular flexibility index (Phi) is 2.42. The first-order valence-corrected chi connectivity index (χ1v) is 6.17. The largest absolute Gasteiger partial charge is 0.235 e. The molecule has 0 fully saturated rings. The Balaban J connectivity index is 2.59. The molecule has 0 aromatic heterocycles. The summed E-state index contributed by atoms with van der Waals surface area (Å²) in [5.74, 6) is 0.157. The van der Waals surface area contributed by atoms with Crippen molar-refractivity contribution in [2.24, 2.45) is 4.99 Å². The lowest BCUT2D eigenvalue weighted by Crippen LogP contribution is -2.02. The van der Waals surface area contributed by atoms with Gasteiger partial charge in [-0.2, -0.15) is 0 Å². The first-order chi connectivity index (χ1) is 7.15. The number of aliphatic imine (C=N–C) groups is 1. The van der Waals surface area contributed by atoms with Gasteiger partial charge in [-0.3, -0.25) is 0 Å². The van der Waals surface area contributed by atoms with E-state index in [1.165, 1.54) is 6.08 Å². The summed E-state index contributed by atoms with van der Waals surface area (Å²) >= 11 is 0. The van der Waals surface area contributed by atoms with Crippen LogP contribution >= 0.6 is 0 Å². The fourth-order valence-corrected chi connectivity index (χ4v) is 3.62. The van der Waals surface area contributed by atoms with Crippen LogP contribution in [0.5, 0.6) is 0 Å². The van der Waals surface area contributed by atoms with Crippen molar-refractivity contribution in [3.63, 3.8) is 0 Å². The highest BCUT2D eigenvalue weighted by atomic mass is 32.2. The van der Waals surface area contributed by atoms with E-state index in [9.17, 15) is 13.2 Å². The fourth-order valence-electron chi connectivity index (χ4n) is 1.82. The summed E-state index contributed by atoms with van der Waals surface area (Å²) in [7, 11) is -3.16. The van der Waals surface area contributed by atoms with Crippen molar-refractivity contribution >= 4 is 15.9 Å². The maximum Gasteiger partial charge on any atom is 0.235 e. The first-order valence-electron chi connectivity index (χ1n) is 4.52. The van der Waals surface area contributed by atoms with Crippen molar-refractivity contribution in [1.82, 2.24) is 0 Å². The molecule has 0 aliphatic carbocycles. The molecule has 0 saturated carbocycles. The molecule has 2 rings (SSSR count). The van der Waals surface area contributed by atoms with E-state index in [4.69, 9.17) is 0 Å². The lowest BCUT2D eigenvalue weighted by atomic mass is 10.1. The van der Waals surface area contributed by atoms with Crippen LogP contribution in [0.1, 0.15) is 11.1 Å². The molecule has 0 bridgehead atoms. The van der Waals surface area contributed by atoms with Crippen LogP contribution in [0.2, 0.25) is 0 Å². The predicted molar refractivity (Wildman–Crippen MR) is 54.0 cm³/mol. The van der Waals surface area contributed by atoms with Crippen LogP contribution in [0.25, 0.3) is 0 Å². The zero-order valence-corrected chi connectivity index (χ0v) is 8.75. The van der Waals surface area contributed by atoms with Crippen LogP contribution in [-0.4, -0.2) is 20.3 Å². The van der Waals surface area contributed by atoms with Crippen LogP contribution in [0.4, 0.5) is 0 Å². The van der Waals surface area contributed by atoms with Crippen molar-refractivity contribution in [3.05, 3.63) is 29.3 Å². The molecule has 4 nitrogen and oxygen atoms in total. The highest BCUT2D eigenvalue weighted by Gasteiger charge is 2.28. The molecule has 15 heavy (non-hydrogen) atoms. The maximum atomic E-state index is 11.7. The number of fused-ring (bicyclic) bond motifs is 1. The minimum absolute atomic E-state index is 0.0892. The molecule has 1 aliphatic rings. The number of benzene rings is 1. The molecule has 1 heterocycles. The smallest absolute Gasteiger partial charge is 0.224 e. The number of rotatable bonds is 2. The number of nitrogens with zero attached hydrogens (tertiary/aromatic N) is 1. The molecule has 1 aromatic rings. The zero-order valence-electron chi connectivity index (χ0n) is 7.93. The van der Waals surface area contributed by atoms with Crippen LogP contribution in [0.3, 0.4) is 0 Å². The minimum Gasteiger partial charge on any atom is -0.224 e. The molecule has 0 amide bonds. The SMILES string of the molecule is O=C=NCc1cccc2c1S(=O)(=O)CC2. The number of carbonyl (C=O) groups excluding carboxylic acids is 1. The minimum atomic E-state index is -3.16. The van der Waals surface area contributed by atoms with Gasteiger partial charge in [-0.15, -0.1) is 0 Å². The van der Waals surface area contributed by atoms with Crippen LogP contribution in [-0.2, 0) is 27.6 Å². The van der Waals surface area contributed by atoms with Gasteiger partial charge in [0.2, 0.25) is 6.08 Å². The van der Waals surface area contributed by atoms with E-state index in [-0.39, 0.29) is 12.3 Å². The van der Waals surface area contributed by atoms with Crippen molar-refractivity contribution in [2.45, 2.75) is 17.9 Å². The summed E-state index contributed by atoms with van der Waals surface area (Å²) in [6.45, 7) is 0.0892. The summed E-state index contributed by atoms with van der Waals surface area (Å²) in [4.78, 5) is 13.8. The Morgan fingerprint density at radius 1 is 1.40 bits per heavy atom. The number of hydrogen-bond donors (Lipinski definition) is 0. The molecule has 1 aromatic carbocycles. The van der Waals surface area contributed by atoms with Gasteiger partial charge in [0, 0.05) is 0 Å². The Labute approximate surface area is 87.6 Å². The maximum absolute atomic E-state index is 11.7. The molecule has 1 aliphatic heterocycles. The number of sulfone groups is 1. The molecule has 0 N–H and O–H groups in total. The summed E-state index contributed by atoms with van der Waals surface area (Å²) < 4.78 is 23.4. The number of isocyanates is 1. The van der Waals surface area contributed by atoms with Gasteiger partial charge in [0.1, 0.15) is 0 Å². The van der Waals surface area contributed by atoms with Crippen LogP contribution in [0, 0.1) is 0 Å². The third-order valence-electron chi connectivity index (χ3n) is 2.44. The Morgan fingerprint density at radius 3 is 2.93 bits per heavy atom. The Morgan fingerprint density at radius 2 is 2.20 bits per heavy atom. The second-order valence-electron chi connectivity index (χ2n) is 3.38. The highest BCUT2D eigenvalue weighted by Crippen LogP contribution is 2.29. The standard InChI is InChI=1S/C10H9NO3S/c12-7-11-6-9-3-1-2-8-4-5-15(13,14)10(8)9/h1-3H,4-6H2. The van der Waals surface area contributed by atoms with E-state index in [1.54, 1.807) is 18.2 Å². The zero-order chi connectivity index (χ0) is 10.9. The second-order valence-corrected chi connectivity index (χ2v) is 5.43. The average molecular weight is 223 g/mol. The molecule has 0 atom stereocenters. The quantitative estimate of drug-likeness (QED) is 0.551. The normalized spacial score (nSPS) is 16.8. The van der Waals surface area contributed by atoms with Gasteiger partial charge < -0.3 is 0 Å². The van der Waals surface area contributed by atoms with Crippen molar-refractivity contribution in [2.75, 3.05) is 5.75 Å². The molecule has 78 valence electrons. The fraction of sp³-hybridized carbons (Fsp3) is 0.300. The number of hydrogen-bond acceptors (Lipinski definition) is 4. The Hall–Kier alpha value is -1.45. The molecule has 0 spiro atoms. The van der Waals surface area contributed by atoms with E-state index < -0.39 is 9.84 Å². The van der Waals surface area contributed by atoms with Gasteiger partial charge in [0.15, 0.2) is 9.84 Å². The lowest BCUT2D eigenvalue weighted by molar-refractivity contribution is 0.562. The first kappa shape index (κ1) is 10.1. The second kappa shape index (κ2) is 3.61. The summed E-state index contributed by atoms with van der Waals surface area (Å²) in [6, 6.07) is 5.27. The molecule has 0 unspecified atom stereocenters. The third-order valence-corrected chi connectivity index (χ3v) is 4.33. The molecule has 0 radical (unpaired) electrons. The van der Waals surface area contributed by atoms with E-state index >= 15 is 0 Å². The molecule has 0 saturated heterocycles. The van der Waals surface area contributed by atoms with Gasteiger partial charge in [0.05, 0.1) is 17.2 Å². The molecular formula is C10H9NO3S. The van der Waals surface area contributed by atoms with Gasteiger partial charge in [-0.1, -0.05) is 18.2 Å². The van der Waals surface area contributed by atoms with Gasteiger partial charge in [0.25, 0.3) is 0 Å². The van der Waals surface area contributed by atoms with Crippen molar-refractivity contribution in [3.8, 4) is 0 Å². The van der Waals surface area contributed by atoms with Crippen molar-refractivity contribution in [1.29, 1.82) is 0 Å². The van der Waals surface area contributed by atoms with E-state index in [0.29, 0.717) is 16.9 Å². The van der Waals surface area contributed by atoms with Crippen LogP contribution in [0.15, 0.2) is 28.1 Å². The van der Waals surface area contributed by atoms with Gasteiger partial charge >= 0.3 is 0 Å². The summed E-state index contributed by atoms with van der Waals surface area (Å²) in [5, 5.41) is 0. The van der Waals surface area contributed by atoms with E-state index in [2.05, 4.69) is 4.99 Å². The molecule has 5 heteroatoms. The van der Waals surface area contributed by atoms with Crippen molar-refractivity contribution < 1.29 is 13.2 Å². The Bertz CT molecular complexity index is 542. The van der Waals surface area contributed by atoms with Gasteiger partial charge in [-0.25, -0.2) is 18.2 Å². The van der Waals surface area contributed by atoms with E-state index in [1.807, 2.05) is 0 Å². The summed E-state index contributed by atoms with van der Waals surface area (Å²) in [5.41, 5.74) is 1.42. The lowest BCUT2D eigenvalue weighted by Gasteiger charge is -2.03. The summed E-state index contributed by atoms with van der Waals surface area (Å²) in [6.07, 6.45) is 1.97. The third kappa shape index (κ3) is 1.71.